The summed E-state index contributed by atoms with van der Waals surface area (Å²) in [4.78, 5) is 30.9. The summed E-state index contributed by atoms with van der Waals surface area (Å²) in [6.07, 6.45) is 7.37. The molecular weight excluding hydrogens is 416 g/mol. The van der Waals surface area contributed by atoms with E-state index in [0.717, 1.165) is 17.3 Å². The Labute approximate surface area is 162 Å². The number of halogens is 1. The van der Waals surface area contributed by atoms with Crippen molar-refractivity contribution in [3.05, 3.63) is 66.3 Å². The summed E-state index contributed by atoms with van der Waals surface area (Å²) in [5.74, 6) is -0.346. The lowest BCUT2D eigenvalue weighted by molar-refractivity contribution is 0.0473. The average molecular weight is 433 g/mol. The maximum Gasteiger partial charge on any atom is 0.348 e. The molecule has 7 heteroatoms. The monoisotopic (exact) mass is 432 g/mol. The average Bonchev–Trinajstić information content (AvgIpc) is 2.91. The number of hydrogen-bond donors (Lipinski definition) is 0. The molecule has 3 heterocycles. The zero-order valence-electron chi connectivity index (χ0n) is 14.0. The van der Waals surface area contributed by atoms with Gasteiger partial charge in [-0.25, -0.2) is 9.78 Å². The predicted octanol–water partition coefficient (Wildman–Crippen LogP) is 4.14. The molecule has 1 aliphatic rings. The van der Waals surface area contributed by atoms with E-state index in [2.05, 4.69) is 20.9 Å². The van der Waals surface area contributed by atoms with Gasteiger partial charge in [-0.3, -0.25) is 9.20 Å². The number of aromatic nitrogens is 2. The van der Waals surface area contributed by atoms with Crippen LogP contribution < -0.4 is 5.56 Å². The summed E-state index contributed by atoms with van der Waals surface area (Å²) >= 11 is 4.87. The summed E-state index contributed by atoms with van der Waals surface area (Å²) in [7, 11) is 0. The SMILES string of the molecule is O=C(OCc1cc(=O)n2cc(Br)ccc2n1)c1cc2c(s1)CCCCC2. The molecule has 26 heavy (non-hydrogen) atoms. The molecule has 0 saturated carbocycles. The van der Waals surface area contributed by atoms with Gasteiger partial charge in [-0.15, -0.1) is 11.3 Å². The third-order valence-electron chi connectivity index (χ3n) is 4.48. The van der Waals surface area contributed by atoms with Crippen molar-refractivity contribution in [2.24, 2.45) is 0 Å². The fourth-order valence-electron chi connectivity index (χ4n) is 3.18. The van der Waals surface area contributed by atoms with Crippen LogP contribution in [-0.4, -0.2) is 15.4 Å². The highest BCUT2D eigenvalue weighted by atomic mass is 79.9. The molecule has 0 atom stereocenters. The lowest BCUT2D eigenvalue weighted by Gasteiger charge is -2.05. The number of carbonyl (C=O) groups is 1. The molecule has 0 fully saturated rings. The van der Waals surface area contributed by atoms with Gasteiger partial charge >= 0.3 is 5.97 Å². The molecule has 0 unspecified atom stereocenters. The molecule has 1 aliphatic carbocycles. The molecule has 4 rings (SSSR count). The molecule has 0 saturated heterocycles. The van der Waals surface area contributed by atoms with E-state index in [1.54, 1.807) is 12.3 Å². The highest BCUT2D eigenvalue weighted by Crippen LogP contribution is 2.29. The van der Waals surface area contributed by atoms with Gasteiger partial charge in [0.1, 0.15) is 17.1 Å². The minimum atomic E-state index is -0.346. The van der Waals surface area contributed by atoms with Gasteiger partial charge in [0.25, 0.3) is 5.56 Å². The fourth-order valence-corrected chi connectivity index (χ4v) is 4.66. The van der Waals surface area contributed by atoms with Gasteiger partial charge in [0.05, 0.1) is 5.69 Å². The molecule has 0 bridgehead atoms. The maximum atomic E-state index is 12.4. The van der Waals surface area contributed by atoms with Crippen LogP contribution in [-0.2, 0) is 24.2 Å². The van der Waals surface area contributed by atoms with Crippen molar-refractivity contribution < 1.29 is 9.53 Å². The van der Waals surface area contributed by atoms with Crippen molar-refractivity contribution in [2.45, 2.75) is 38.7 Å². The molecular formula is C19H17BrN2O3S. The van der Waals surface area contributed by atoms with Gasteiger partial charge in [0.2, 0.25) is 0 Å². The second kappa shape index (κ2) is 7.32. The molecule has 0 spiro atoms. The Morgan fingerprint density at radius 3 is 2.96 bits per heavy atom. The van der Waals surface area contributed by atoms with Crippen LogP contribution in [0, 0.1) is 0 Å². The minimum Gasteiger partial charge on any atom is -0.455 e. The van der Waals surface area contributed by atoms with Gasteiger partial charge in [-0.05, 0) is 65.4 Å². The van der Waals surface area contributed by atoms with E-state index >= 15 is 0 Å². The number of ether oxygens (including phenoxy) is 1. The Hall–Kier alpha value is -1.99. The lowest BCUT2D eigenvalue weighted by Crippen LogP contribution is -2.16. The zero-order chi connectivity index (χ0) is 18.1. The summed E-state index contributed by atoms with van der Waals surface area (Å²) < 4.78 is 7.65. The van der Waals surface area contributed by atoms with E-state index in [4.69, 9.17) is 4.74 Å². The highest BCUT2D eigenvalue weighted by Gasteiger charge is 2.17. The van der Waals surface area contributed by atoms with Crippen LogP contribution in [0.5, 0.6) is 0 Å². The normalized spacial score (nSPS) is 14.0. The number of pyridine rings is 1. The third-order valence-corrected chi connectivity index (χ3v) is 6.16. The summed E-state index contributed by atoms with van der Waals surface area (Å²) in [5.41, 5.74) is 2.05. The van der Waals surface area contributed by atoms with Gasteiger partial charge in [0, 0.05) is 21.6 Å². The van der Waals surface area contributed by atoms with Crippen LogP contribution in [0.1, 0.15) is 45.1 Å². The number of hydrogen-bond acceptors (Lipinski definition) is 5. The smallest absolute Gasteiger partial charge is 0.348 e. The Morgan fingerprint density at radius 2 is 2.08 bits per heavy atom. The van der Waals surface area contributed by atoms with Crippen molar-refractivity contribution in [1.29, 1.82) is 0 Å². The van der Waals surface area contributed by atoms with E-state index < -0.39 is 0 Å². The molecule has 3 aromatic heterocycles. The Morgan fingerprint density at radius 1 is 1.23 bits per heavy atom. The van der Waals surface area contributed by atoms with Crippen molar-refractivity contribution in [3.63, 3.8) is 0 Å². The Balaban J connectivity index is 1.50. The summed E-state index contributed by atoms with van der Waals surface area (Å²) in [6.45, 7) is -0.0107. The highest BCUT2D eigenvalue weighted by molar-refractivity contribution is 9.10. The third kappa shape index (κ3) is 3.59. The molecule has 134 valence electrons. The Bertz CT molecular complexity index is 1020. The molecule has 0 aromatic carbocycles. The van der Waals surface area contributed by atoms with Crippen LogP contribution in [0.25, 0.3) is 5.65 Å². The van der Waals surface area contributed by atoms with Crippen molar-refractivity contribution >= 4 is 38.9 Å². The number of aryl methyl sites for hydroxylation is 2. The second-order valence-corrected chi connectivity index (χ2v) is 8.41. The minimum absolute atomic E-state index is 0.0107. The van der Waals surface area contributed by atoms with Crippen LogP contribution in [0.4, 0.5) is 0 Å². The molecule has 0 N–H and O–H groups in total. The van der Waals surface area contributed by atoms with E-state index in [1.165, 1.54) is 51.5 Å². The van der Waals surface area contributed by atoms with Crippen LogP contribution in [0.15, 0.2) is 39.7 Å². The van der Waals surface area contributed by atoms with Crippen LogP contribution in [0.3, 0.4) is 0 Å². The Kier molecular flexibility index (Phi) is 4.91. The molecule has 5 nitrogen and oxygen atoms in total. The van der Waals surface area contributed by atoms with Gasteiger partial charge in [-0.1, -0.05) is 6.42 Å². The molecule has 0 amide bonds. The first-order valence-electron chi connectivity index (χ1n) is 8.57. The van der Waals surface area contributed by atoms with E-state index in [9.17, 15) is 9.59 Å². The number of esters is 1. The van der Waals surface area contributed by atoms with E-state index in [0.29, 0.717) is 16.2 Å². The van der Waals surface area contributed by atoms with Gasteiger partial charge < -0.3 is 4.74 Å². The van der Waals surface area contributed by atoms with E-state index in [-0.39, 0.29) is 18.1 Å². The van der Waals surface area contributed by atoms with Gasteiger partial charge in [0.15, 0.2) is 0 Å². The summed E-state index contributed by atoms with van der Waals surface area (Å²) in [6, 6.07) is 6.92. The number of rotatable bonds is 3. The van der Waals surface area contributed by atoms with E-state index in [1.807, 2.05) is 12.1 Å². The number of thiophene rings is 1. The molecule has 3 aromatic rings. The first kappa shape index (κ1) is 17.4. The predicted molar refractivity (Wildman–Crippen MR) is 104 cm³/mol. The fraction of sp³-hybridized carbons (Fsp3) is 0.316. The lowest BCUT2D eigenvalue weighted by atomic mass is 10.1. The first-order valence-corrected chi connectivity index (χ1v) is 10.2. The molecule has 0 radical (unpaired) electrons. The van der Waals surface area contributed by atoms with Crippen LogP contribution in [0.2, 0.25) is 0 Å². The number of carbonyl (C=O) groups excluding carboxylic acids is 1. The van der Waals surface area contributed by atoms with Crippen molar-refractivity contribution in [1.82, 2.24) is 9.38 Å². The first-order chi connectivity index (χ1) is 12.6. The second-order valence-electron chi connectivity index (χ2n) is 6.36. The van der Waals surface area contributed by atoms with Gasteiger partial charge in [-0.2, -0.15) is 0 Å². The van der Waals surface area contributed by atoms with Crippen molar-refractivity contribution in [2.75, 3.05) is 0 Å². The zero-order valence-corrected chi connectivity index (χ0v) is 16.4. The molecule has 0 aliphatic heterocycles. The maximum absolute atomic E-state index is 12.4. The number of fused-ring (bicyclic) bond motifs is 2. The van der Waals surface area contributed by atoms with Crippen molar-refractivity contribution in [3.8, 4) is 0 Å². The quantitative estimate of drug-likeness (QED) is 0.460. The standard InChI is InChI=1S/C19H17BrN2O3S/c20-13-6-7-17-21-14(9-18(23)22(17)10-13)11-25-19(24)16-8-12-4-2-1-3-5-15(12)26-16/h6-10H,1-5,11H2. The topological polar surface area (TPSA) is 60.7 Å². The largest absolute Gasteiger partial charge is 0.455 e. The van der Waals surface area contributed by atoms with Crippen LogP contribution >= 0.6 is 27.3 Å². The summed E-state index contributed by atoms with van der Waals surface area (Å²) in [5, 5.41) is 0. The number of nitrogens with zero attached hydrogens (tertiary/aromatic N) is 2.